The summed E-state index contributed by atoms with van der Waals surface area (Å²) in [5.41, 5.74) is 3.95. The molecule has 1 fully saturated rings. The second kappa shape index (κ2) is 16.0. The number of hydrogen-bond donors (Lipinski definition) is 3. The van der Waals surface area contributed by atoms with Crippen molar-refractivity contribution < 1.29 is 32.6 Å². The van der Waals surface area contributed by atoms with E-state index in [4.69, 9.17) is 48.1 Å². The fourth-order valence-corrected chi connectivity index (χ4v) is 6.32. The monoisotopic (exact) mass is 715 g/mol. The van der Waals surface area contributed by atoms with Crippen LogP contribution in [-0.4, -0.2) is 57.4 Å². The van der Waals surface area contributed by atoms with Gasteiger partial charge in [0.25, 0.3) is 0 Å². The van der Waals surface area contributed by atoms with Gasteiger partial charge in [-0.1, -0.05) is 62.2 Å². The molecule has 0 saturated carbocycles. The van der Waals surface area contributed by atoms with E-state index in [-0.39, 0.29) is 57.7 Å². The summed E-state index contributed by atoms with van der Waals surface area (Å²) in [6, 6.07) is 14.8. The van der Waals surface area contributed by atoms with Crippen molar-refractivity contribution in [3.63, 3.8) is 0 Å². The number of hydrogen-bond acceptors (Lipinski definition) is 9. The molecule has 0 aliphatic carbocycles. The average molecular weight is 717 g/mol. The number of rotatable bonds is 12. The van der Waals surface area contributed by atoms with Gasteiger partial charge in [0, 0.05) is 22.5 Å². The molecule has 1 aliphatic rings. The zero-order chi connectivity index (χ0) is 35.9. The van der Waals surface area contributed by atoms with Crippen LogP contribution in [0.4, 0.5) is 14.5 Å². The van der Waals surface area contributed by atoms with Crippen LogP contribution in [0.2, 0.25) is 10.0 Å². The zero-order valence-electron chi connectivity index (χ0n) is 27.4. The molecule has 1 heterocycles. The fourth-order valence-electron chi connectivity index (χ4n) is 5.98. The van der Waals surface area contributed by atoms with E-state index in [2.05, 4.69) is 16.7 Å². The van der Waals surface area contributed by atoms with Crippen molar-refractivity contribution in [2.24, 2.45) is 16.1 Å². The molecule has 0 aromatic heterocycles. The molecule has 0 spiro atoms. The van der Waals surface area contributed by atoms with Gasteiger partial charge in [-0.15, -0.1) is 0 Å². The number of nitrogens with two attached hydrogens (primary N) is 1. The molecule has 4 rings (SSSR count). The number of nitriles is 1. The number of nitrogens with one attached hydrogen (secondary N) is 2. The maximum Gasteiger partial charge on any atom is 0.338 e. The molecule has 260 valence electrons. The lowest BCUT2D eigenvalue weighted by atomic mass is 9.63. The Labute approximate surface area is 293 Å². The number of benzene rings is 3. The molecule has 3 aromatic carbocycles. The lowest BCUT2D eigenvalue weighted by Gasteiger charge is -2.37. The first-order valence-corrected chi connectivity index (χ1v) is 16.1. The van der Waals surface area contributed by atoms with E-state index in [1.807, 2.05) is 20.8 Å². The van der Waals surface area contributed by atoms with Gasteiger partial charge >= 0.3 is 11.9 Å². The first-order chi connectivity index (χ1) is 23.2. The molecule has 14 heteroatoms. The molecule has 10 nitrogen and oxygen atoms in total. The highest BCUT2D eigenvalue weighted by Crippen LogP contribution is 2.53. The molecule has 49 heavy (non-hydrogen) atoms. The third kappa shape index (κ3) is 8.48. The summed E-state index contributed by atoms with van der Waals surface area (Å²) in [6.45, 7) is 5.39. The molecule has 0 bridgehead atoms. The van der Waals surface area contributed by atoms with Gasteiger partial charge in [-0.05, 0) is 53.8 Å². The van der Waals surface area contributed by atoms with Crippen LogP contribution >= 0.6 is 23.2 Å². The molecule has 1 saturated heterocycles. The summed E-state index contributed by atoms with van der Waals surface area (Å²) in [5.74, 6) is -3.50. The summed E-state index contributed by atoms with van der Waals surface area (Å²) in [5, 5.41) is 17.4. The minimum atomic E-state index is -1.64. The molecule has 4 N–H and O–H groups in total. The highest BCUT2D eigenvalue weighted by atomic mass is 35.5. The normalized spacial score (nSPS) is 20.5. The van der Waals surface area contributed by atoms with Gasteiger partial charge in [0.15, 0.2) is 0 Å². The Bertz CT molecular complexity index is 1760. The van der Waals surface area contributed by atoms with E-state index < -0.39 is 47.1 Å². The number of methoxy groups -OCH3 is 1. The first kappa shape index (κ1) is 37.5. The molecular weight excluding hydrogens is 679 g/mol. The second-order valence-electron chi connectivity index (χ2n) is 12.6. The summed E-state index contributed by atoms with van der Waals surface area (Å²) >= 11 is 12.3. The van der Waals surface area contributed by atoms with Crippen molar-refractivity contribution in [3.05, 3.63) is 93.0 Å². The second-order valence-corrected chi connectivity index (χ2v) is 13.4. The van der Waals surface area contributed by atoms with Crippen molar-refractivity contribution in [3.8, 4) is 11.8 Å². The van der Waals surface area contributed by atoms with Crippen LogP contribution in [0.5, 0.6) is 5.75 Å². The lowest BCUT2D eigenvalue weighted by molar-refractivity contribution is -0.142. The predicted molar refractivity (Wildman–Crippen MR) is 183 cm³/mol. The van der Waals surface area contributed by atoms with E-state index in [0.717, 1.165) is 6.07 Å². The number of carbonyl (C=O) groups excluding carboxylic acids is 2. The van der Waals surface area contributed by atoms with E-state index >= 15 is 8.78 Å². The van der Waals surface area contributed by atoms with Crippen LogP contribution in [0, 0.1) is 28.4 Å². The molecule has 0 radical (unpaired) electrons. The lowest BCUT2D eigenvalue weighted by Crippen LogP contribution is -2.44. The number of anilines is 1. The van der Waals surface area contributed by atoms with E-state index in [1.165, 1.54) is 49.8 Å². The van der Waals surface area contributed by atoms with Crippen LogP contribution < -0.4 is 21.1 Å². The maximum absolute atomic E-state index is 15.9. The largest absolute Gasteiger partial charge is 0.495 e. The van der Waals surface area contributed by atoms with Crippen LogP contribution in [0.25, 0.3) is 0 Å². The highest BCUT2D eigenvalue weighted by molar-refractivity contribution is 6.31. The highest BCUT2D eigenvalue weighted by Gasteiger charge is 2.59. The predicted octanol–water partition coefficient (Wildman–Crippen LogP) is 6.36. The molecule has 0 unspecified atom stereocenters. The van der Waals surface area contributed by atoms with Crippen molar-refractivity contribution in [2.45, 2.75) is 50.7 Å². The number of nitrogens with zero attached hydrogens (tertiary/aromatic N) is 2. The average Bonchev–Trinajstić information content (AvgIpc) is 3.35. The van der Waals surface area contributed by atoms with Crippen molar-refractivity contribution in [1.29, 1.82) is 5.26 Å². The topological polar surface area (TPSA) is 148 Å². The Morgan fingerprint density at radius 3 is 2.51 bits per heavy atom. The SMILES string of the molecule is COc1cc(C(=O)OCCOC(=O)CN)ccc1N/C=N\[C@@H]1N[C@@H](CC(C)(C)C)[C@](C#N)(c2ccc(Cl)cc2F)[C@H]1c1cccc(Cl)c1F. The molecule has 1 aliphatic heterocycles. The smallest absolute Gasteiger partial charge is 0.338 e. The van der Waals surface area contributed by atoms with E-state index in [9.17, 15) is 14.9 Å². The fraction of sp³-hybridized carbons (Fsp3) is 0.371. The van der Waals surface area contributed by atoms with Gasteiger partial charge in [-0.2, -0.15) is 5.26 Å². The quantitative estimate of drug-likeness (QED) is 0.0843. The van der Waals surface area contributed by atoms with Gasteiger partial charge in [-0.25, -0.2) is 13.6 Å². The first-order valence-electron chi connectivity index (χ1n) is 15.3. The van der Waals surface area contributed by atoms with Gasteiger partial charge in [0.05, 0.1) is 42.3 Å². The summed E-state index contributed by atoms with van der Waals surface area (Å²) in [7, 11) is 1.41. The summed E-state index contributed by atoms with van der Waals surface area (Å²) in [4.78, 5) is 28.4. The third-order valence-electron chi connectivity index (χ3n) is 8.06. The van der Waals surface area contributed by atoms with Crippen molar-refractivity contribution >= 4 is 47.2 Å². The minimum absolute atomic E-state index is 0.0536. The van der Waals surface area contributed by atoms with Crippen LogP contribution in [0.15, 0.2) is 59.6 Å². The third-order valence-corrected chi connectivity index (χ3v) is 8.59. The zero-order valence-corrected chi connectivity index (χ0v) is 28.9. The summed E-state index contributed by atoms with van der Waals surface area (Å²) < 4.78 is 47.1. The number of carbonyl (C=O) groups is 2. The molecule has 0 amide bonds. The van der Waals surface area contributed by atoms with Crippen LogP contribution in [0.3, 0.4) is 0 Å². The van der Waals surface area contributed by atoms with Gasteiger partial charge < -0.3 is 25.3 Å². The van der Waals surface area contributed by atoms with Gasteiger partial charge in [0.1, 0.15) is 42.2 Å². The van der Waals surface area contributed by atoms with Crippen LogP contribution in [-0.2, 0) is 19.7 Å². The Kier molecular flexibility index (Phi) is 12.2. The number of aliphatic imine (C=N–C) groups is 1. The van der Waals surface area contributed by atoms with E-state index in [0.29, 0.717) is 12.1 Å². The van der Waals surface area contributed by atoms with Crippen molar-refractivity contribution in [2.75, 3.05) is 32.2 Å². The van der Waals surface area contributed by atoms with Gasteiger partial charge in [-0.3, -0.25) is 15.1 Å². The maximum atomic E-state index is 15.9. The Morgan fingerprint density at radius 1 is 1.12 bits per heavy atom. The molecule has 3 aromatic rings. The standard InChI is InChI=1S/C35H37Cl2F2N5O5/c1-34(2,3)16-28-35(18-41,23-10-9-21(36)15-25(23)38)30(22-6-5-7-24(37)31(22)39)32(44-28)43-19-42-26-11-8-20(14-27(26)47-4)33(46)49-13-12-48-29(45)17-40/h5-11,14-15,19,28,30,32,44H,12-13,16-17,40H2,1-4H3,(H,42,43)/t28-,30-,32+,35-/m0/s1. The van der Waals surface area contributed by atoms with E-state index in [1.54, 1.807) is 12.1 Å². The summed E-state index contributed by atoms with van der Waals surface area (Å²) in [6.07, 6.45) is 0.826. The van der Waals surface area contributed by atoms with Crippen LogP contribution in [0.1, 0.15) is 54.6 Å². The Morgan fingerprint density at radius 2 is 1.86 bits per heavy atom. The number of esters is 2. The van der Waals surface area contributed by atoms with Gasteiger partial charge in [0.2, 0.25) is 0 Å². The number of halogens is 4. The molecule has 4 atom stereocenters. The number of ether oxygens (including phenoxy) is 3. The Hall–Kier alpha value is -4.28. The minimum Gasteiger partial charge on any atom is -0.495 e. The Balaban J connectivity index is 1.70. The molecular formula is C35H37Cl2F2N5O5. The van der Waals surface area contributed by atoms with Crippen molar-refractivity contribution in [1.82, 2.24) is 5.32 Å².